The molecule has 1 saturated heterocycles. The molecule has 0 unspecified atom stereocenters. The monoisotopic (exact) mass is 429 g/mol. The van der Waals surface area contributed by atoms with E-state index in [1.54, 1.807) is 11.0 Å². The van der Waals surface area contributed by atoms with E-state index in [0.717, 1.165) is 16.5 Å². The second kappa shape index (κ2) is 8.09. The summed E-state index contributed by atoms with van der Waals surface area (Å²) < 4.78 is 11.3. The van der Waals surface area contributed by atoms with Crippen molar-refractivity contribution in [1.29, 1.82) is 0 Å². The number of carbonyl (C=O) groups is 2. The molecule has 1 aliphatic rings. The van der Waals surface area contributed by atoms with Crippen LogP contribution in [0.2, 0.25) is 0 Å². The molecule has 2 aromatic heterocycles. The molecule has 2 amide bonds. The molecule has 5 rings (SSSR count). The third-order valence-corrected chi connectivity index (χ3v) is 5.73. The number of hydrogen-bond acceptors (Lipinski definition) is 5. The maximum Gasteiger partial charge on any atom is 0.291 e. The molecule has 0 saturated carbocycles. The summed E-state index contributed by atoms with van der Waals surface area (Å²) in [6.07, 6.45) is 0. The fraction of sp³-hybridized carbons (Fsp3) is 0.240. The van der Waals surface area contributed by atoms with Crippen molar-refractivity contribution < 1.29 is 18.7 Å². The van der Waals surface area contributed by atoms with Gasteiger partial charge in [0.2, 0.25) is 5.76 Å². The van der Waals surface area contributed by atoms with Crippen LogP contribution in [0.5, 0.6) is 0 Å². The van der Waals surface area contributed by atoms with Crippen molar-refractivity contribution in [1.82, 2.24) is 9.88 Å². The number of amides is 2. The lowest BCUT2D eigenvalue weighted by atomic mass is 10.1. The number of hydrogen-bond donors (Lipinski definition) is 1. The quantitative estimate of drug-likeness (QED) is 0.524. The molecule has 32 heavy (non-hydrogen) atoms. The van der Waals surface area contributed by atoms with Crippen LogP contribution in [0, 0.1) is 13.8 Å². The molecule has 7 heteroatoms. The van der Waals surface area contributed by atoms with E-state index in [1.165, 1.54) is 0 Å². The highest BCUT2D eigenvalue weighted by Crippen LogP contribution is 2.32. The van der Waals surface area contributed by atoms with Crippen LogP contribution in [0.1, 0.15) is 32.2 Å². The SMILES string of the molecule is Cc1ccc2nc(C)c(C(=O)Nc3c(C(=O)N4CCOCC4)oc4ccccc34)cc2c1. The van der Waals surface area contributed by atoms with Gasteiger partial charge in [0.25, 0.3) is 11.8 Å². The van der Waals surface area contributed by atoms with Gasteiger partial charge in [-0.3, -0.25) is 14.6 Å². The van der Waals surface area contributed by atoms with Gasteiger partial charge in [-0.2, -0.15) is 0 Å². The minimum Gasteiger partial charge on any atom is -0.449 e. The lowest BCUT2D eigenvalue weighted by molar-refractivity contribution is 0.0285. The first-order chi connectivity index (χ1) is 15.5. The molecule has 7 nitrogen and oxygen atoms in total. The van der Waals surface area contributed by atoms with Crippen LogP contribution in [0.25, 0.3) is 21.9 Å². The number of aromatic nitrogens is 1. The van der Waals surface area contributed by atoms with Gasteiger partial charge in [0.05, 0.1) is 30.0 Å². The van der Waals surface area contributed by atoms with E-state index in [-0.39, 0.29) is 17.6 Å². The smallest absolute Gasteiger partial charge is 0.291 e. The van der Waals surface area contributed by atoms with Crippen molar-refractivity contribution in [2.45, 2.75) is 13.8 Å². The second-order valence-electron chi connectivity index (χ2n) is 7.98. The molecule has 1 aliphatic heterocycles. The highest BCUT2D eigenvalue weighted by molar-refractivity contribution is 6.15. The highest BCUT2D eigenvalue weighted by atomic mass is 16.5. The van der Waals surface area contributed by atoms with Crippen LogP contribution in [-0.2, 0) is 4.74 Å². The van der Waals surface area contributed by atoms with Gasteiger partial charge in [-0.15, -0.1) is 0 Å². The number of para-hydroxylation sites is 1. The molecule has 1 N–H and O–H groups in total. The molecule has 0 aliphatic carbocycles. The van der Waals surface area contributed by atoms with Crippen LogP contribution >= 0.6 is 0 Å². The third-order valence-electron chi connectivity index (χ3n) is 5.73. The molecule has 0 bridgehead atoms. The van der Waals surface area contributed by atoms with E-state index < -0.39 is 0 Å². The Morgan fingerprint density at radius 2 is 1.81 bits per heavy atom. The average molecular weight is 429 g/mol. The Morgan fingerprint density at radius 3 is 2.62 bits per heavy atom. The first-order valence-corrected chi connectivity index (χ1v) is 10.6. The molecule has 4 aromatic rings. The Balaban J connectivity index is 1.55. The number of benzene rings is 2. The van der Waals surface area contributed by atoms with Gasteiger partial charge in [0.1, 0.15) is 11.3 Å². The Morgan fingerprint density at radius 1 is 1.03 bits per heavy atom. The Bertz CT molecular complexity index is 1350. The van der Waals surface area contributed by atoms with Gasteiger partial charge in [0, 0.05) is 23.9 Å². The fourth-order valence-electron chi connectivity index (χ4n) is 4.03. The summed E-state index contributed by atoms with van der Waals surface area (Å²) in [6.45, 7) is 5.73. The number of furan rings is 1. The number of ether oxygens (including phenoxy) is 1. The zero-order chi connectivity index (χ0) is 22.2. The molecular formula is C25H23N3O4. The summed E-state index contributed by atoms with van der Waals surface area (Å²) in [7, 11) is 0. The molecular weight excluding hydrogens is 406 g/mol. The van der Waals surface area contributed by atoms with Gasteiger partial charge in [-0.1, -0.05) is 23.8 Å². The van der Waals surface area contributed by atoms with E-state index in [2.05, 4.69) is 10.3 Å². The van der Waals surface area contributed by atoms with Crippen molar-refractivity contribution >= 4 is 39.4 Å². The van der Waals surface area contributed by atoms with E-state index in [0.29, 0.717) is 54.2 Å². The van der Waals surface area contributed by atoms with Gasteiger partial charge in [-0.05, 0) is 44.2 Å². The first-order valence-electron chi connectivity index (χ1n) is 10.6. The lowest BCUT2D eigenvalue weighted by Crippen LogP contribution is -2.40. The number of nitrogens with one attached hydrogen (secondary N) is 1. The van der Waals surface area contributed by atoms with Crippen molar-refractivity contribution in [3.63, 3.8) is 0 Å². The van der Waals surface area contributed by atoms with E-state index >= 15 is 0 Å². The standard InChI is InChI=1S/C25H23N3O4/c1-15-7-8-20-17(13-15)14-19(16(2)26-20)24(29)27-22-18-5-3-4-6-21(18)32-23(22)25(30)28-9-11-31-12-10-28/h3-8,13-14H,9-12H2,1-2H3,(H,27,29). The summed E-state index contributed by atoms with van der Waals surface area (Å²) in [6, 6.07) is 15.1. The first kappa shape index (κ1) is 20.2. The molecule has 162 valence electrons. The van der Waals surface area contributed by atoms with Crippen LogP contribution < -0.4 is 5.32 Å². The zero-order valence-corrected chi connectivity index (χ0v) is 18.0. The molecule has 0 radical (unpaired) electrons. The van der Waals surface area contributed by atoms with Crippen molar-refractivity contribution in [2.75, 3.05) is 31.6 Å². The number of nitrogens with zero attached hydrogens (tertiary/aromatic N) is 2. The number of fused-ring (bicyclic) bond motifs is 2. The Kier molecular flexibility index (Phi) is 5.11. The predicted octanol–water partition coefficient (Wildman–Crippen LogP) is 4.32. The van der Waals surface area contributed by atoms with E-state index in [9.17, 15) is 9.59 Å². The molecule has 1 fully saturated rings. The summed E-state index contributed by atoms with van der Waals surface area (Å²) in [5.74, 6) is -0.464. The topological polar surface area (TPSA) is 84.7 Å². The van der Waals surface area contributed by atoms with Gasteiger partial charge < -0.3 is 19.4 Å². The summed E-state index contributed by atoms with van der Waals surface area (Å²) in [5.41, 5.74) is 3.93. The predicted molar refractivity (Wildman–Crippen MR) is 122 cm³/mol. The van der Waals surface area contributed by atoms with Crippen molar-refractivity contribution in [3.8, 4) is 0 Å². The Labute approximate surface area is 185 Å². The van der Waals surface area contributed by atoms with E-state index in [4.69, 9.17) is 9.15 Å². The van der Waals surface area contributed by atoms with Crippen molar-refractivity contribution in [3.05, 3.63) is 71.1 Å². The number of morpholine rings is 1. The normalized spacial score (nSPS) is 14.1. The van der Waals surface area contributed by atoms with Gasteiger partial charge in [0.15, 0.2) is 0 Å². The Hall–Kier alpha value is -3.71. The number of aryl methyl sites for hydroxylation is 2. The van der Waals surface area contributed by atoms with Crippen LogP contribution in [-0.4, -0.2) is 48.0 Å². The fourth-order valence-corrected chi connectivity index (χ4v) is 4.03. The maximum absolute atomic E-state index is 13.3. The molecule has 3 heterocycles. The summed E-state index contributed by atoms with van der Waals surface area (Å²) in [5, 5.41) is 4.51. The second-order valence-corrected chi connectivity index (χ2v) is 7.98. The number of pyridine rings is 1. The van der Waals surface area contributed by atoms with Gasteiger partial charge >= 0.3 is 0 Å². The maximum atomic E-state index is 13.3. The van der Waals surface area contributed by atoms with Gasteiger partial charge in [-0.25, -0.2) is 0 Å². The van der Waals surface area contributed by atoms with Crippen LogP contribution in [0.4, 0.5) is 5.69 Å². The zero-order valence-electron chi connectivity index (χ0n) is 18.0. The molecule has 0 spiro atoms. The summed E-state index contributed by atoms with van der Waals surface area (Å²) >= 11 is 0. The minimum atomic E-state index is -0.332. The molecule has 2 aromatic carbocycles. The summed E-state index contributed by atoms with van der Waals surface area (Å²) in [4.78, 5) is 32.8. The third kappa shape index (κ3) is 3.61. The number of rotatable bonds is 3. The minimum absolute atomic E-state index is 0.128. The van der Waals surface area contributed by atoms with E-state index in [1.807, 2.05) is 56.3 Å². The number of carbonyl (C=O) groups excluding carboxylic acids is 2. The lowest BCUT2D eigenvalue weighted by Gasteiger charge is -2.26. The highest BCUT2D eigenvalue weighted by Gasteiger charge is 2.28. The molecule has 0 atom stereocenters. The number of anilines is 1. The largest absolute Gasteiger partial charge is 0.449 e. The average Bonchev–Trinajstić information content (AvgIpc) is 3.17. The van der Waals surface area contributed by atoms with Crippen LogP contribution in [0.15, 0.2) is 52.9 Å². The van der Waals surface area contributed by atoms with Crippen LogP contribution in [0.3, 0.4) is 0 Å². The van der Waals surface area contributed by atoms with Crippen molar-refractivity contribution in [2.24, 2.45) is 0 Å².